The highest BCUT2D eigenvalue weighted by atomic mass is 35.5. The first-order valence-corrected chi connectivity index (χ1v) is 10.6. The van der Waals surface area contributed by atoms with Gasteiger partial charge in [-0.15, -0.1) is 0 Å². The van der Waals surface area contributed by atoms with E-state index in [1.54, 1.807) is 36.4 Å². The molecule has 3 atom stereocenters. The molecule has 1 fully saturated rings. The van der Waals surface area contributed by atoms with Gasteiger partial charge >= 0.3 is 11.4 Å². The molecule has 0 spiro atoms. The number of carbonyl (C=O) groups excluding carboxylic acids is 2. The summed E-state index contributed by atoms with van der Waals surface area (Å²) < 4.78 is 2.36. The molecule has 3 aromatic rings. The first kappa shape index (κ1) is 20.3. The summed E-state index contributed by atoms with van der Waals surface area (Å²) in [6, 6.07) is 15.2. The number of nitrogens with zero attached hydrogens (tertiary/aromatic N) is 3. The Labute approximate surface area is 187 Å². The third-order valence-corrected chi connectivity index (χ3v) is 6.26. The summed E-state index contributed by atoms with van der Waals surface area (Å²) in [7, 11) is 0. The van der Waals surface area contributed by atoms with Gasteiger partial charge in [-0.1, -0.05) is 54.1 Å². The van der Waals surface area contributed by atoms with Crippen molar-refractivity contribution in [1.29, 1.82) is 0 Å². The normalized spacial score (nSPS) is 22.4. The SMILES string of the molecule is O=C1[C@H]2C[C@H](n3[nH]c(=O)n(Cc4ccccc4)c3=O)C=C[C@H]2C(=O)N1c1ccc(Cl)cc1. The van der Waals surface area contributed by atoms with E-state index in [1.807, 2.05) is 30.3 Å². The van der Waals surface area contributed by atoms with Crippen molar-refractivity contribution in [2.45, 2.75) is 19.0 Å². The summed E-state index contributed by atoms with van der Waals surface area (Å²) in [5, 5.41) is 3.10. The average molecular weight is 451 g/mol. The van der Waals surface area contributed by atoms with E-state index in [-0.39, 0.29) is 24.8 Å². The molecule has 0 bridgehead atoms. The lowest BCUT2D eigenvalue weighted by atomic mass is 9.84. The first-order chi connectivity index (χ1) is 15.4. The van der Waals surface area contributed by atoms with Crippen LogP contribution in [0.1, 0.15) is 18.0 Å². The smallest absolute Gasteiger partial charge is 0.274 e. The number of hydrogen-bond acceptors (Lipinski definition) is 4. The Kier molecular flexibility index (Phi) is 4.94. The molecule has 0 unspecified atom stereocenters. The van der Waals surface area contributed by atoms with Crippen LogP contribution in [0.4, 0.5) is 5.69 Å². The van der Waals surface area contributed by atoms with Crippen LogP contribution >= 0.6 is 11.6 Å². The van der Waals surface area contributed by atoms with Crippen molar-refractivity contribution >= 4 is 29.1 Å². The van der Waals surface area contributed by atoms with Gasteiger partial charge in [-0.2, -0.15) is 0 Å². The largest absolute Gasteiger partial charge is 0.347 e. The fourth-order valence-corrected chi connectivity index (χ4v) is 4.52. The second-order valence-corrected chi connectivity index (χ2v) is 8.39. The van der Waals surface area contributed by atoms with Crippen molar-refractivity contribution in [1.82, 2.24) is 14.3 Å². The highest BCUT2D eigenvalue weighted by Crippen LogP contribution is 2.40. The molecule has 1 N–H and O–H groups in total. The summed E-state index contributed by atoms with van der Waals surface area (Å²) >= 11 is 5.92. The number of benzene rings is 2. The van der Waals surface area contributed by atoms with E-state index < -0.39 is 29.3 Å². The van der Waals surface area contributed by atoms with Gasteiger partial charge in [0.25, 0.3) is 0 Å². The van der Waals surface area contributed by atoms with Gasteiger partial charge in [0.2, 0.25) is 11.8 Å². The maximum absolute atomic E-state index is 13.1. The minimum absolute atomic E-state index is 0.145. The zero-order chi connectivity index (χ0) is 22.4. The van der Waals surface area contributed by atoms with Crippen LogP contribution in [0.2, 0.25) is 5.02 Å². The van der Waals surface area contributed by atoms with Crippen LogP contribution in [-0.4, -0.2) is 26.2 Å². The molecule has 1 aliphatic carbocycles. The fourth-order valence-electron chi connectivity index (χ4n) is 4.39. The van der Waals surface area contributed by atoms with Crippen molar-refractivity contribution in [2.24, 2.45) is 11.8 Å². The molecule has 0 saturated carbocycles. The molecule has 2 amide bonds. The number of hydrogen-bond donors (Lipinski definition) is 1. The van der Waals surface area contributed by atoms with Gasteiger partial charge in [0.1, 0.15) is 0 Å². The second-order valence-electron chi connectivity index (χ2n) is 7.95. The molecule has 2 heterocycles. The zero-order valence-electron chi connectivity index (χ0n) is 16.8. The monoisotopic (exact) mass is 450 g/mol. The van der Waals surface area contributed by atoms with Crippen molar-refractivity contribution in [2.75, 3.05) is 4.90 Å². The van der Waals surface area contributed by atoms with Crippen molar-refractivity contribution < 1.29 is 9.59 Å². The number of allylic oxidation sites excluding steroid dienone is 1. The van der Waals surface area contributed by atoms with E-state index in [0.29, 0.717) is 10.7 Å². The number of H-pyrrole nitrogens is 1. The van der Waals surface area contributed by atoms with E-state index in [1.165, 1.54) is 9.58 Å². The van der Waals surface area contributed by atoms with Crippen LogP contribution in [0.3, 0.4) is 0 Å². The lowest BCUT2D eigenvalue weighted by Crippen LogP contribution is -2.33. The van der Waals surface area contributed by atoms with Crippen molar-refractivity contribution in [3.63, 3.8) is 0 Å². The van der Waals surface area contributed by atoms with Gasteiger partial charge in [-0.05, 0) is 36.2 Å². The quantitative estimate of drug-likeness (QED) is 0.487. The number of aromatic amines is 1. The topological polar surface area (TPSA) is 97.2 Å². The van der Waals surface area contributed by atoms with Crippen molar-refractivity contribution in [3.8, 4) is 0 Å². The number of rotatable bonds is 4. The Morgan fingerprint density at radius 2 is 1.62 bits per heavy atom. The Balaban J connectivity index is 1.42. The molecule has 0 radical (unpaired) electrons. The van der Waals surface area contributed by atoms with Gasteiger partial charge in [0.05, 0.1) is 30.1 Å². The maximum Gasteiger partial charge on any atom is 0.347 e. The molecule has 1 saturated heterocycles. The second kappa shape index (κ2) is 7.80. The number of aromatic nitrogens is 3. The summed E-state index contributed by atoms with van der Waals surface area (Å²) in [5.41, 5.74) is 0.278. The minimum Gasteiger partial charge on any atom is -0.274 e. The molecule has 162 valence electrons. The molecule has 1 aromatic heterocycles. The van der Waals surface area contributed by atoms with Crippen LogP contribution in [0.25, 0.3) is 0 Å². The molecule has 32 heavy (non-hydrogen) atoms. The van der Waals surface area contributed by atoms with Crippen LogP contribution < -0.4 is 16.3 Å². The fraction of sp³-hybridized carbons (Fsp3) is 0.217. The number of nitrogens with one attached hydrogen (secondary N) is 1. The lowest BCUT2D eigenvalue weighted by Gasteiger charge is -2.23. The van der Waals surface area contributed by atoms with Gasteiger partial charge in [0, 0.05) is 5.02 Å². The van der Waals surface area contributed by atoms with Crippen LogP contribution in [0.5, 0.6) is 0 Å². The van der Waals surface area contributed by atoms with Crippen molar-refractivity contribution in [3.05, 3.63) is 98.3 Å². The average Bonchev–Trinajstić information content (AvgIpc) is 3.22. The van der Waals surface area contributed by atoms with Gasteiger partial charge in [-0.25, -0.2) is 28.8 Å². The number of halogens is 1. The predicted molar refractivity (Wildman–Crippen MR) is 119 cm³/mol. The van der Waals surface area contributed by atoms with Gasteiger partial charge in [-0.3, -0.25) is 9.59 Å². The summed E-state index contributed by atoms with van der Waals surface area (Å²) in [6.07, 6.45) is 3.61. The third-order valence-electron chi connectivity index (χ3n) is 6.01. The third kappa shape index (κ3) is 3.33. The molecule has 1 aliphatic heterocycles. The summed E-state index contributed by atoms with van der Waals surface area (Å²) in [5.74, 6) is -1.83. The Bertz CT molecular complexity index is 1340. The Hall–Kier alpha value is -3.65. The summed E-state index contributed by atoms with van der Waals surface area (Å²) in [4.78, 5) is 52.5. The minimum atomic E-state index is -0.610. The predicted octanol–water partition coefficient (Wildman–Crippen LogP) is 2.35. The van der Waals surface area contributed by atoms with E-state index >= 15 is 0 Å². The highest BCUT2D eigenvalue weighted by molar-refractivity contribution is 6.30. The zero-order valence-corrected chi connectivity index (χ0v) is 17.6. The number of imide groups is 1. The van der Waals surface area contributed by atoms with E-state index in [9.17, 15) is 19.2 Å². The number of amides is 2. The highest BCUT2D eigenvalue weighted by Gasteiger charge is 2.49. The first-order valence-electron chi connectivity index (χ1n) is 10.2. The van der Waals surface area contributed by atoms with Crippen LogP contribution in [0.15, 0.2) is 76.3 Å². The van der Waals surface area contributed by atoms with E-state index in [0.717, 1.165) is 10.1 Å². The number of carbonyl (C=O) groups is 2. The summed E-state index contributed by atoms with van der Waals surface area (Å²) in [6.45, 7) is 0.145. The molecular formula is C23H19ClN4O4. The maximum atomic E-state index is 13.1. The number of fused-ring (bicyclic) bond motifs is 1. The standard InChI is InChI=1S/C23H19ClN4O4/c24-15-6-8-16(9-7-15)27-20(29)18-11-10-17(12-19(18)21(27)30)28-23(32)26(22(31)25-28)13-14-4-2-1-3-5-14/h1-11,17-19H,12-13H2,(H,25,31)/t17-,18-,19+/m1/s1. The number of anilines is 1. The molecule has 2 aliphatic rings. The molecule has 8 nitrogen and oxygen atoms in total. The van der Waals surface area contributed by atoms with E-state index in [4.69, 9.17) is 11.6 Å². The van der Waals surface area contributed by atoms with Gasteiger partial charge < -0.3 is 0 Å². The van der Waals surface area contributed by atoms with Crippen LogP contribution in [0, 0.1) is 11.8 Å². The molecular weight excluding hydrogens is 432 g/mol. The molecule has 2 aromatic carbocycles. The Morgan fingerprint density at radius 3 is 2.34 bits per heavy atom. The van der Waals surface area contributed by atoms with Crippen LogP contribution in [-0.2, 0) is 16.1 Å². The van der Waals surface area contributed by atoms with Gasteiger partial charge in [0.15, 0.2) is 0 Å². The van der Waals surface area contributed by atoms with E-state index in [2.05, 4.69) is 5.10 Å². The molecule has 9 heteroatoms. The Morgan fingerprint density at radius 1 is 0.906 bits per heavy atom. The lowest BCUT2D eigenvalue weighted by molar-refractivity contribution is -0.122. The molecule has 5 rings (SSSR count).